The first-order valence-corrected chi connectivity index (χ1v) is 12.0. The highest BCUT2D eigenvalue weighted by Crippen LogP contribution is 2.43. The van der Waals surface area contributed by atoms with Gasteiger partial charge in [-0.05, 0) is 50.2 Å². The Bertz CT molecular complexity index is 1010. The van der Waals surface area contributed by atoms with Crippen LogP contribution < -0.4 is 16.2 Å². The van der Waals surface area contributed by atoms with Crippen LogP contribution in [0.3, 0.4) is 0 Å². The number of carboxylic acids is 1. The van der Waals surface area contributed by atoms with Crippen LogP contribution in [0.4, 0.5) is 5.69 Å². The number of carbonyl (C=O) groups is 2. The van der Waals surface area contributed by atoms with Crippen LogP contribution in [0.15, 0.2) is 58.3 Å². The van der Waals surface area contributed by atoms with Gasteiger partial charge in [0.05, 0.1) is 10.5 Å². The Kier molecular flexibility index (Phi) is 7.35. The number of carbonyl (C=O) groups excluding carboxylic acids is 1. The van der Waals surface area contributed by atoms with Gasteiger partial charge in [-0.1, -0.05) is 33.7 Å². The Hall–Kier alpha value is -2.05. The fourth-order valence-corrected chi connectivity index (χ4v) is 5.22. The molecule has 8 nitrogen and oxygen atoms in total. The first kappa shape index (κ1) is 23.2. The van der Waals surface area contributed by atoms with Gasteiger partial charge in [-0.2, -0.15) is 0 Å². The molecule has 0 fully saturated rings. The number of anilines is 1. The molecule has 156 valence electrons. The van der Waals surface area contributed by atoms with Gasteiger partial charge in [0.15, 0.2) is 0 Å². The lowest BCUT2D eigenvalue weighted by molar-refractivity contribution is -0.139. The van der Waals surface area contributed by atoms with Crippen LogP contribution in [-0.4, -0.2) is 36.2 Å². The second-order valence-corrected chi connectivity index (χ2v) is 11.0. The number of nitrogens with one attached hydrogen (secondary N) is 1. The van der Waals surface area contributed by atoms with Gasteiger partial charge in [0.2, 0.25) is 10.0 Å². The highest BCUT2D eigenvalue weighted by Gasteiger charge is 2.33. The van der Waals surface area contributed by atoms with E-state index in [1.54, 1.807) is 38.1 Å². The van der Waals surface area contributed by atoms with Gasteiger partial charge in [0.25, 0.3) is 5.91 Å². The number of aliphatic carboxylic acids is 1. The molecule has 29 heavy (non-hydrogen) atoms. The summed E-state index contributed by atoms with van der Waals surface area (Å²) in [5.74, 6) is -1.49. The molecule has 0 unspecified atom stereocenters. The number of amides is 1. The molecule has 2 rings (SSSR count). The van der Waals surface area contributed by atoms with Gasteiger partial charge < -0.3 is 16.2 Å². The largest absolute Gasteiger partial charge is 0.480 e. The first-order chi connectivity index (χ1) is 13.4. The minimum absolute atomic E-state index is 0.0557. The molecule has 0 aromatic heterocycles. The highest BCUT2D eigenvalue weighted by molar-refractivity contribution is 8.77. The van der Waals surface area contributed by atoms with Gasteiger partial charge in [-0.25, -0.2) is 13.6 Å². The fourth-order valence-electron chi connectivity index (χ4n) is 2.15. The monoisotopic (exact) mass is 455 g/mol. The molecule has 0 bridgehead atoms. The molecule has 0 spiro atoms. The summed E-state index contributed by atoms with van der Waals surface area (Å²) in [7, 11) is -1.29. The molecular formula is C18H21N3O5S3. The van der Waals surface area contributed by atoms with Gasteiger partial charge in [-0.15, -0.1) is 0 Å². The number of carboxylic acid groups (broad SMARTS) is 1. The number of hydrogen-bond acceptors (Lipinski definition) is 7. The van der Waals surface area contributed by atoms with Crippen LogP contribution in [0, 0.1) is 0 Å². The van der Waals surface area contributed by atoms with Gasteiger partial charge >= 0.3 is 5.97 Å². The summed E-state index contributed by atoms with van der Waals surface area (Å²) in [5, 5.41) is 16.9. The Balaban J connectivity index is 2.15. The lowest BCUT2D eigenvalue weighted by Gasteiger charge is -2.27. The average Bonchev–Trinajstić information content (AvgIpc) is 2.65. The molecule has 0 aliphatic rings. The standard InChI is InChI=1S/C18H21N3O5S3/c1-18(2,15(19)17(23)24)28-27-14-6-4-3-5-13(14)16(22)21-11-7-9-12(10-8-11)29(20,25)26/h3-10,15H,19H2,1-2H3,(H,21,22)(H,23,24)(H2,20,25,26)/t15-/m0/s1. The number of nitrogens with two attached hydrogens (primary N) is 2. The molecule has 0 radical (unpaired) electrons. The average molecular weight is 456 g/mol. The number of hydrogen-bond donors (Lipinski definition) is 4. The number of primary sulfonamides is 1. The third-order valence-corrected chi connectivity index (χ3v) is 8.24. The molecule has 0 heterocycles. The Labute approximate surface area is 176 Å². The van der Waals surface area contributed by atoms with E-state index in [9.17, 15) is 18.0 Å². The molecule has 2 aromatic rings. The molecule has 0 saturated heterocycles. The van der Waals surface area contributed by atoms with E-state index < -0.39 is 32.7 Å². The van der Waals surface area contributed by atoms with Crippen molar-refractivity contribution in [2.75, 3.05) is 5.32 Å². The van der Waals surface area contributed by atoms with Crippen LogP contribution in [0.2, 0.25) is 0 Å². The summed E-state index contributed by atoms with van der Waals surface area (Å²) >= 11 is 0. The van der Waals surface area contributed by atoms with E-state index in [1.807, 2.05) is 0 Å². The van der Waals surface area contributed by atoms with Crippen molar-refractivity contribution in [3.63, 3.8) is 0 Å². The topological polar surface area (TPSA) is 153 Å². The second kappa shape index (κ2) is 9.18. The van der Waals surface area contributed by atoms with Crippen molar-refractivity contribution in [1.29, 1.82) is 0 Å². The summed E-state index contributed by atoms with van der Waals surface area (Å²) in [6.45, 7) is 3.44. The summed E-state index contributed by atoms with van der Waals surface area (Å²) in [5.41, 5.74) is 6.53. The highest BCUT2D eigenvalue weighted by atomic mass is 33.1. The van der Waals surface area contributed by atoms with E-state index in [0.29, 0.717) is 16.1 Å². The Morgan fingerprint density at radius 3 is 2.24 bits per heavy atom. The maximum Gasteiger partial charge on any atom is 0.321 e. The third kappa shape index (κ3) is 6.21. The van der Waals surface area contributed by atoms with E-state index in [2.05, 4.69) is 5.32 Å². The van der Waals surface area contributed by atoms with E-state index in [4.69, 9.17) is 16.0 Å². The summed E-state index contributed by atoms with van der Waals surface area (Å²) in [6, 6.07) is 11.3. The van der Waals surface area contributed by atoms with E-state index >= 15 is 0 Å². The zero-order valence-corrected chi connectivity index (χ0v) is 18.1. The normalized spacial score (nSPS) is 13.0. The van der Waals surface area contributed by atoms with Crippen LogP contribution in [-0.2, 0) is 14.8 Å². The van der Waals surface area contributed by atoms with E-state index in [-0.39, 0.29) is 4.90 Å². The second-order valence-electron chi connectivity index (χ2n) is 6.61. The predicted octanol–water partition coefficient (Wildman–Crippen LogP) is 2.52. The minimum Gasteiger partial charge on any atom is -0.480 e. The molecule has 2 aromatic carbocycles. The van der Waals surface area contributed by atoms with E-state index in [0.717, 1.165) is 0 Å². The molecule has 1 amide bonds. The molecule has 1 atom stereocenters. The number of benzene rings is 2. The third-order valence-electron chi connectivity index (χ3n) is 3.93. The molecule has 0 saturated carbocycles. The summed E-state index contributed by atoms with van der Waals surface area (Å²) < 4.78 is 21.9. The predicted molar refractivity (Wildman–Crippen MR) is 115 cm³/mol. The van der Waals surface area contributed by atoms with E-state index in [1.165, 1.54) is 45.9 Å². The van der Waals surface area contributed by atoms with Crippen molar-refractivity contribution in [2.45, 2.75) is 34.4 Å². The van der Waals surface area contributed by atoms with Crippen molar-refractivity contribution in [2.24, 2.45) is 10.9 Å². The molecule has 0 aliphatic carbocycles. The summed E-state index contributed by atoms with van der Waals surface area (Å²) in [4.78, 5) is 24.4. The zero-order chi connectivity index (χ0) is 21.8. The molecule has 11 heteroatoms. The molecular weight excluding hydrogens is 434 g/mol. The number of rotatable bonds is 8. The van der Waals surface area contributed by atoms with Gasteiger partial charge in [0.1, 0.15) is 6.04 Å². The van der Waals surface area contributed by atoms with Crippen LogP contribution in [0.25, 0.3) is 0 Å². The van der Waals surface area contributed by atoms with Gasteiger partial charge in [-0.3, -0.25) is 9.59 Å². The Morgan fingerprint density at radius 2 is 1.69 bits per heavy atom. The van der Waals surface area contributed by atoms with Crippen molar-refractivity contribution in [3.05, 3.63) is 54.1 Å². The van der Waals surface area contributed by atoms with Crippen molar-refractivity contribution in [3.8, 4) is 0 Å². The van der Waals surface area contributed by atoms with Crippen LogP contribution in [0.1, 0.15) is 24.2 Å². The SMILES string of the molecule is CC(C)(SSc1ccccc1C(=O)Nc1ccc(S(N)(=O)=O)cc1)[C@@H](N)C(=O)O. The summed E-state index contributed by atoms with van der Waals surface area (Å²) in [6.07, 6.45) is 0. The quantitative estimate of drug-likeness (QED) is 0.443. The first-order valence-electron chi connectivity index (χ1n) is 8.29. The smallest absolute Gasteiger partial charge is 0.321 e. The van der Waals surface area contributed by atoms with Gasteiger partial charge in [0, 0.05) is 15.3 Å². The lowest BCUT2D eigenvalue weighted by Crippen LogP contribution is -2.46. The maximum absolute atomic E-state index is 12.7. The van der Waals surface area contributed by atoms with Crippen LogP contribution in [0.5, 0.6) is 0 Å². The minimum atomic E-state index is -3.81. The van der Waals surface area contributed by atoms with Crippen molar-refractivity contribution in [1.82, 2.24) is 0 Å². The fraction of sp³-hybridized carbons (Fsp3) is 0.222. The maximum atomic E-state index is 12.7. The zero-order valence-electron chi connectivity index (χ0n) is 15.7. The Morgan fingerprint density at radius 1 is 1.10 bits per heavy atom. The van der Waals surface area contributed by atoms with Crippen molar-refractivity contribution >= 4 is 49.2 Å². The van der Waals surface area contributed by atoms with Crippen LogP contribution >= 0.6 is 21.6 Å². The van der Waals surface area contributed by atoms with Crippen molar-refractivity contribution < 1.29 is 23.1 Å². The number of sulfonamides is 1. The molecule has 6 N–H and O–H groups in total. The lowest BCUT2D eigenvalue weighted by atomic mass is 10.1. The molecule has 0 aliphatic heterocycles.